The van der Waals surface area contributed by atoms with Crippen LogP contribution in [-0.2, 0) is 19.4 Å². The van der Waals surface area contributed by atoms with E-state index in [1.54, 1.807) is 34.2 Å². The van der Waals surface area contributed by atoms with Crippen LogP contribution in [0.3, 0.4) is 0 Å². The van der Waals surface area contributed by atoms with Crippen LogP contribution in [0.4, 0.5) is 5.82 Å². The Morgan fingerprint density at radius 1 is 1.07 bits per heavy atom. The highest BCUT2D eigenvalue weighted by molar-refractivity contribution is 5.50. The number of anilines is 1. The van der Waals surface area contributed by atoms with Crippen molar-refractivity contribution >= 4 is 5.82 Å². The van der Waals surface area contributed by atoms with E-state index < -0.39 is 0 Å². The van der Waals surface area contributed by atoms with Crippen molar-refractivity contribution in [3.8, 4) is 5.82 Å². The highest BCUT2D eigenvalue weighted by atomic mass is 16.1. The van der Waals surface area contributed by atoms with E-state index in [9.17, 15) is 4.79 Å². The Morgan fingerprint density at radius 2 is 1.96 bits per heavy atom. The van der Waals surface area contributed by atoms with Gasteiger partial charge in [0.05, 0.1) is 0 Å². The van der Waals surface area contributed by atoms with E-state index in [1.807, 2.05) is 0 Å². The van der Waals surface area contributed by atoms with Crippen molar-refractivity contribution < 1.29 is 0 Å². The molecule has 1 fully saturated rings. The first-order chi connectivity index (χ1) is 13.8. The average molecular weight is 378 g/mol. The Bertz CT molecular complexity index is 1020. The molecule has 4 heterocycles. The molecule has 1 saturated heterocycles. The Kier molecular flexibility index (Phi) is 4.34. The van der Waals surface area contributed by atoms with E-state index in [-0.39, 0.29) is 5.56 Å². The van der Waals surface area contributed by atoms with Gasteiger partial charge in [0.1, 0.15) is 24.8 Å². The van der Waals surface area contributed by atoms with Gasteiger partial charge in [-0.2, -0.15) is 5.10 Å². The molecule has 28 heavy (non-hydrogen) atoms. The van der Waals surface area contributed by atoms with Crippen molar-refractivity contribution in [2.75, 3.05) is 18.0 Å². The fraction of sp³-hybridized carbons (Fsp3) is 0.474. The number of fused-ring (bicyclic) bond motifs is 1. The zero-order chi connectivity index (χ0) is 18.9. The third kappa shape index (κ3) is 3.17. The maximum Gasteiger partial charge on any atom is 0.266 e. The highest BCUT2D eigenvalue weighted by Gasteiger charge is 2.25. The molecule has 0 aromatic carbocycles. The van der Waals surface area contributed by atoms with Crippen molar-refractivity contribution in [1.29, 1.82) is 0 Å². The summed E-state index contributed by atoms with van der Waals surface area (Å²) in [4.78, 5) is 27.6. The maximum atomic E-state index is 12.3. The quantitative estimate of drug-likeness (QED) is 0.669. The van der Waals surface area contributed by atoms with Crippen molar-refractivity contribution in [3.63, 3.8) is 0 Å². The number of nitrogens with zero attached hydrogens (tertiary/aromatic N) is 8. The van der Waals surface area contributed by atoms with Gasteiger partial charge in [0.25, 0.3) is 5.56 Å². The molecule has 0 bridgehead atoms. The summed E-state index contributed by atoms with van der Waals surface area (Å²) >= 11 is 0. The number of aromatic nitrogens is 7. The summed E-state index contributed by atoms with van der Waals surface area (Å²) < 4.78 is 3.12. The molecule has 3 aromatic rings. The Morgan fingerprint density at radius 3 is 2.79 bits per heavy atom. The fourth-order valence-corrected chi connectivity index (χ4v) is 4.20. The lowest BCUT2D eigenvalue weighted by molar-refractivity contribution is 0.333. The van der Waals surface area contributed by atoms with Crippen LogP contribution in [0.25, 0.3) is 5.82 Å². The molecule has 3 aromatic heterocycles. The lowest BCUT2D eigenvalue weighted by Gasteiger charge is -2.33. The smallest absolute Gasteiger partial charge is 0.266 e. The highest BCUT2D eigenvalue weighted by Crippen LogP contribution is 2.30. The minimum absolute atomic E-state index is 0.0834. The summed E-state index contributed by atoms with van der Waals surface area (Å²) in [5, 5.41) is 8.55. The van der Waals surface area contributed by atoms with Crippen molar-refractivity contribution in [2.24, 2.45) is 5.92 Å². The number of hydrogen-bond acceptors (Lipinski definition) is 7. The van der Waals surface area contributed by atoms with E-state index in [0.717, 1.165) is 44.6 Å². The summed E-state index contributed by atoms with van der Waals surface area (Å²) in [6.07, 6.45) is 10.1. The van der Waals surface area contributed by atoms with Gasteiger partial charge < -0.3 is 4.90 Å². The first-order valence-corrected chi connectivity index (χ1v) is 9.79. The van der Waals surface area contributed by atoms with Crippen LogP contribution in [0, 0.1) is 5.92 Å². The summed E-state index contributed by atoms with van der Waals surface area (Å²) in [5.74, 6) is 2.14. The third-order valence-electron chi connectivity index (χ3n) is 5.70. The summed E-state index contributed by atoms with van der Waals surface area (Å²) in [6.45, 7) is 2.52. The first kappa shape index (κ1) is 17.0. The topological polar surface area (TPSA) is 94.6 Å². The first-order valence-electron chi connectivity index (χ1n) is 9.79. The van der Waals surface area contributed by atoms with E-state index in [0.29, 0.717) is 18.3 Å². The molecular weight excluding hydrogens is 356 g/mol. The molecule has 2 aliphatic rings. The van der Waals surface area contributed by atoms with Crippen molar-refractivity contribution in [3.05, 3.63) is 52.7 Å². The predicted molar refractivity (Wildman–Crippen MR) is 102 cm³/mol. The minimum Gasteiger partial charge on any atom is -0.356 e. The van der Waals surface area contributed by atoms with Gasteiger partial charge in [0, 0.05) is 37.0 Å². The molecule has 144 valence electrons. The van der Waals surface area contributed by atoms with Gasteiger partial charge in [-0.15, -0.1) is 5.10 Å². The van der Waals surface area contributed by atoms with Gasteiger partial charge in [0.2, 0.25) is 0 Å². The van der Waals surface area contributed by atoms with Crippen molar-refractivity contribution in [2.45, 2.75) is 38.6 Å². The van der Waals surface area contributed by atoms with Crippen LogP contribution >= 0.6 is 0 Å². The zero-order valence-corrected chi connectivity index (χ0v) is 15.6. The molecule has 5 rings (SSSR count). The zero-order valence-electron chi connectivity index (χ0n) is 15.6. The number of piperidine rings is 1. The molecule has 0 spiro atoms. The Labute approximate surface area is 162 Å². The van der Waals surface area contributed by atoms with E-state index in [1.165, 1.54) is 24.0 Å². The van der Waals surface area contributed by atoms with E-state index in [4.69, 9.17) is 0 Å². The second-order valence-electron chi connectivity index (χ2n) is 7.46. The summed E-state index contributed by atoms with van der Waals surface area (Å²) in [5.41, 5.74) is 2.46. The largest absolute Gasteiger partial charge is 0.356 e. The lowest BCUT2D eigenvalue weighted by atomic mass is 9.96. The SMILES string of the molecule is O=c1ccc(-n2cncn2)nn1CC1CCN(c2ncnc3c2CCC3)CC1. The van der Waals surface area contributed by atoms with Crippen molar-refractivity contribution in [1.82, 2.24) is 34.5 Å². The average Bonchev–Trinajstić information content (AvgIpc) is 3.42. The molecule has 9 nitrogen and oxygen atoms in total. The van der Waals surface area contributed by atoms with Crippen LogP contribution in [0.1, 0.15) is 30.5 Å². The number of aryl methyl sites for hydroxylation is 1. The molecule has 9 heteroatoms. The maximum absolute atomic E-state index is 12.3. The molecule has 0 N–H and O–H groups in total. The summed E-state index contributed by atoms with van der Waals surface area (Å²) in [7, 11) is 0. The second-order valence-corrected chi connectivity index (χ2v) is 7.46. The van der Waals surface area contributed by atoms with Crippen LogP contribution in [0.5, 0.6) is 0 Å². The van der Waals surface area contributed by atoms with Gasteiger partial charge in [-0.1, -0.05) is 0 Å². The normalized spacial score (nSPS) is 17.1. The molecule has 0 amide bonds. The van der Waals surface area contributed by atoms with Crippen LogP contribution < -0.4 is 10.5 Å². The van der Waals surface area contributed by atoms with Gasteiger partial charge in [-0.05, 0) is 44.1 Å². The van der Waals surface area contributed by atoms with Gasteiger partial charge in [-0.25, -0.2) is 24.3 Å². The third-order valence-corrected chi connectivity index (χ3v) is 5.70. The van der Waals surface area contributed by atoms with Crippen LogP contribution in [-0.4, -0.2) is 47.6 Å². The molecule has 1 aliphatic heterocycles. The monoisotopic (exact) mass is 378 g/mol. The van der Waals surface area contributed by atoms with Crippen LogP contribution in [0.15, 0.2) is 35.9 Å². The molecule has 0 radical (unpaired) electrons. The molecule has 1 aliphatic carbocycles. The van der Waals surface area contributed by atoms with Gasteiger partial charge >= 0.3 is 0 Å². The summed E-state index contributed by atoms with van der Waals surface area (Å²) in [6, 6.07) is 3.22. The van der Waals surface area contributed by atoms with E-state index in [2.05, 4.69) is 30.0 Å². The Hall–Kier alpha value is -3.10. The van der Waals surface area contributed by atoms with Gasteiger partial charge in [-0.3, -0.25) is 4.79 Å². The number of hydrogen-bond donors (Lipinski definition) is 0. The molecule has 0 atom stereocenters. The molecule has 0 unspecified atom stereocenters. The predicted octanol–water partition coefficient (Wildman–Crippen LogP) is 1.02. The Balaban J connectivity index is 1.28. The van der Waals surface area contributed by atoms with E-state index >= 15 is 0 Å². The molecular formula is C19H22N8O. The number of rotatable bonds is 4. The van der Waals surface area contributed by atoms with Gasteiger partial charge in [0.15, 0.2) is 5.82 Å². The molecule has 0 saturated carbocycles. The second kappa shape index (κ2) is 7.14. The fourth-order valence-electron chi connectivity index (χ4n) is 4.20. The van der Waals surface area contributed by atoms with Crippen LogP contribution in [0.2, 0.25) is 0 Å². The minimum atomic E-state index is -0.0834. The standard InChI is InChI=1S/C19H22N8O/c28-18-5-4-17(27-13-20-11-23-27)24-26(18)10-14-6-8-25(9-7-14)19-15-2-1-3-16(15)21-12-22-19/h4-5,11-14H,1-3,6-10H2. The lowest BCUT2D eigenvalue weighted by Crippen LogP contribution is -2.38.